The van der Waals surface area contributed by atoms with Gasteiger partial charge in [-0.25, -0.2) is 9.97 Å². The third-order valence-electron chi connectivity index (χ3n) is 3.82. The molecule has 2 aromatic rings. The van der Waals surface area contributed by atoms with Gasteiger partial charge in [0.15, 0.2) is 23.1 Å². The van der Waals surface area contributed by atoms with Crippen LogP contribution in [0.4, 0.5) is 23.0 Å². The lowest BCUT2D eigenvalue weighted by atomic mass is 10.2. The maximum atomic E-state index is 11.9. The number of aromatic nitrogens is 2. The third kappa shape index (κ3) is 2.55. The summed E-state index contributed by atoms with van der Waals surface area (Å²) < 4.78 is 11.1. The number of fused-ring (bicyclic) bond motifs is 2. The van der Waals surface area contributed by atoms with E-state index >= 15 is 0 Å². The average molecular weight is 327 g/mol. The molecular formula is C16H17N5O3. The van der Waals surface area contributed by atoms with Crippen molar-refractivity contribution in [1.29, 1.82) is 0 Å². The zero-order chi connectivity index (χ0) is 16.7. The maximum Gasteiger partial charge on any atom is 0.246 e. The molecule has 0 saturated carbocycles. The average Bonchev–Trinajstić information content (AvgIpc) is 2.56. The van der Waals surface area contributed by atoms with Crippen LogP contribution in [0, 0.1) is 6.92 Å². The van der Waals surface area contributed by atoms with Gasteiger partial charge in [0.25, 0.3) is 0 Å². The standard InChI is InChI=1S/C16H17N5O3/c1-8-16(22)21-13-14(17-8)18-9(2)19-15(13)20-10-3-4-11-12(7-10)24-6-5-23-11/h3-4,7-8H,5-6H2,1-2H3,(H,21,22)(H2,17,18,19,20). The second-order valence-corrected chi connectivity index (χ2v) is 5.68. The Morgan fingerprint density at radius 3 is 2.83 bits per heavy atom. The van der Waals surface area contributed by atoms with Crippen LogP contribution in [0.2, 0.25) is 0 Å². The highest BCUT2D eigenvalue weighted by molar-refractivity contribution is 6.05. The number of ether oxygens (including phenoxy) is 2. The van der Waals surface area contributed by atoms with E-state index in [-0.39, 0.29) is 11.9 Å². The van der Waals surface area contributed by atoms with Crippen LogP contribution in [0.25, 0.3) is 0 Å². The molecule has 1 unspecified atom stereocenters. The summed E-state index contributed by atoms with van der Waals surface area (Å²) in [6, 6.07) is 5.22. The molecule has 0 spiro atoms. The SMILES string of the molecule is Cc1nc(Nc2ccc3c(c2)OCCO3)c2c(n1)NC(C)C(=O)N2. The second-order valence-electron chi connectivity index (χ2n) is 5.68. The number of anilines is 4. The van der Waals surface area contributed by atoms with Crippen LogP contribution in [0.3, 0.4) is 0 Å². The fourth-order valence-electron chi connectivity index (χ4n) is 2.65. The fraction of sp³-hybridized carbons (Fsp3) is 0.312. The van der Waals surface area contributed by atoms with Gasteiger partial charge in [0.2, 0.25) is 5.91 Å². The quantitative estimate of drug-likeness (QED) is 0.776. The molecule has 1 aromatic heterocycles. The van der Waals surface area contributed by atoms with E-state index in [1.165, 1.54) is 0 Å². The number of benzene rings is 1. The predicted octanol–water partition coefficient (Wildman–Crippen LogP) is 2.05. The number of carbonyl (C=O) groups is 1. The number of aryl methyl sites for hydroxylation is 1. The Labute approximate surface area is 138 Å². The molecule has 1 aromatic carbocycles. The predicted molar refractivity (Wildman–Crippen MR) is 89.2 cm³/mol. The topological polar surface area (TPSA) is 97.4 Å². The first kappa shape index (κ1) is 14.6. The molecule has 2 aliphatic rings. The van der Waals surface area contributed by atoms with Crippen LogP contribution in [-0.4, -0.2) is 35.1 Å². The molecule has 4 rings (SSSR count). The zero-order valence-electron chi connectivity index (χ0n) is 13.3. The van der Waals surface area contributed by atoms with Crippen molar-refractivity contribution in [3.05, 3.63) is 24.0 Å². The Morgan fingerprint density at radius 1 is 1.21 bits per heavy atom. The molecule has 1 amide bonds. The van der Waals surface area contributed by atoms with Gasteiger partial charge in [-0.05, 0) is 26.0 Å². The molecular weight excluding hydrogens is 310 g/mol. The molecule has 1 atom stereocenters. The normalized spacial score (nSPS) is 18.2. The molecule has 8 heteroatoms. The number of carbonyl (C=O) groups excluding carboxylic acids is 1. The van der Waals surface area contributed by atoms with Gasteiger partial charge in [-0.3, -0.25) is 4.79 Å². The van der Waals surface area contributed by atoms with E-state index in [0.717, 1.165) is 11.4 Å². The molecule has 0 bridgehead atoms. The molecule has 2 aliphatic heterocycles. The Hall–Kier alpha value is -3.03. The number of rotatable bonds is 2. The van der Waals surface area contributed by atoms with E-state index in [0.29, 0.717) is 42.1 Å². The lowest BCUT2D eigenvalue weighted by Gasteiger charge is -2.25. The fourth-order valence-corrected chi connectivity index (χ4v) is 2.65. The van der Waals surface area contributed by atoms with Crippen molar-refractivity contribution >= 4 is 28.9 Å². The molecule has 0 fully saturated rings. The Morgan fingerprint density at radius 2 is 2.00 bits per heavy atom. The van der Waals surface area contributed by atoms with E-state index in [1.54, 1.807) is 13.8 Å². The highest BCUT2D eigenvalue weighted by atomic mass is 16.6. The van der Waals surface area contributed by atoms with E-state index in [4.69, 9.17) is 9.47 Å². The summed E-state index contributed by atoms with van der Waals surface area (Å²) in [5, 5.41) is 9.14. The summed E-state index contributed by atoms with van der Waals surface area (Å²) in [4.78, 5) is 20.7. The van der Waals surface area contributed by atoms with Gasteiger partial charge in [0, 0.05) is 11.8 Å². The van der Waals surface area contributed by atoms with E-state index < -0.39 is 0 Å². The molecule has 8 nitrogen and oxygen atoms in total. The summed E-state index contributed by atoms with van der Waals surface area (Å²) in [6.45, 7) is 4.66. The summed E-state index contributed by atoms with van der Waals surface area (Å²) in [5.74, 6) is 3.01. The van der Waals surface area contributed by atoms with E-state index in [9.17, 15) is 4.79 Å². The monoisotopic (exact) mass is 327 g/mol. The van der Waals surface area contributed by atoms with Gasteiger partial charge in [-0.1, -0.05) is 0 Å². The summed E-state index contributed by atoms with van der Waals surface area (Å²) in [5.41, 5.74) is 1.33. The minimum atomic E-state index is -0.339. The van der Waals surface area contributed by atoms with Gasteiger partial charge in [-0.15, -0.1) is 0 Å². The molecule has 0 radical (unpaired) electrons. The summed E-state index contributed by atoms with van der Waals surface area (Å²) in [6.07, 6.45) is 0. The van der Waals surface area contributed by atoms with Gasteiger partial charge >= 0.3 is 0 Å². The largest absolute Gasteiger partial charge is 0.486 e. The van der Waals surface area contributed by atoms with Gasteiger partial charge in [0.1, 0.15) is 30.8 Å². The van der Waals surface area contributed by atoms with Crippen molar-refractivity contribution in [2.24, 2.45) is 0 Å². The van der Waals surface area contributed by atoms with Crippen molar-refractivity contribution < 1.29 is 14.3 Å². The first-order valence-electron chi connectivity index (χ1n) is 7.73. The molecule has 0 aliphatic carbocycles. The van der Waals surface area contributed by atoms with Crippen LogP contribution in [0.5, 0.6) is 11.5 Å². The third-order valence-corrected chi connectivity index (χ3v) is 3.82. The van der Waals surface area contributed by atoms with Crippen LogP contribution in [0.15, 0.2) is 18.2 Å². The number of amides is 1. The minimum Gasteiger partial charge on any atom is -0.486 e. The lowest BCUT2D eigenvalue weighted by molar-refractivity contribution is -0.116. The highest BCUT2D eigenvalue weighted by Gasteiger charge is 2.26. The second kappa shape index (κ2) is 5.55. The summed E-state index contributed by atoms with van der Waals surface area (Å²) in [7, 11) is 0. The molecule has 0 saturated heterocycles. The van der Waals surface area contributed by atoms with Gasteiger partial charge in [0.05, 0.1) is 0 Å². The maximum absolute atomic E-state index is 11.9. The van der Waals surface area contributed by atoms with E-state index in [2.05, 4.69) is 25.9 Å². The van der Waals surface area contributed by atoms with E-state index in [1.807, 2.05) is 18.2 Å². The molecule has 3 heterocycles. The molecule has 3 N–H and O–H groups in total. The van der Waals surface area contributed by atoms with Crippen molar-refractivity contribution in [2.45, 2.75) is 19.9 Å². The van der Waals surface area contributed by atoms with Gasteiger partial charge < -0.3 is 25.4 Å². The number of hydrogen-bond acceptors (Lipinski definition) is 7. The molecule has 24 heavy (non-hydrogen) atoms. The van der Waals surface area contributed by atoms with Crippen molar-refractivity contribution in [1.82, 2.24) is 9.97 Å². The summed E-state index contributed by atoms with van der Waals surface area (Å²) >= 11 is 0. The van der Waals surface area contributed by atoms with Crippen molar-refractivity contribution in [3.63, 3.8) is 0 Å². The Bertz CT molecular complexity index is 824. The Balaban J connectivity index is 1.69. The first-order chi connectivity index (χ1) is 11.6. The number of nitrogens with one attached hydrogen (secondary N) is 3. The first-order valence-corrected chi connectivity index (χ1v) is 7.73. The van der Waals surface area contributed by atoms with Crippen LogP contribution >= 0.6 is 0 Å². The van der Waals surface area contributed by atoms with Crippen LogP contribution in [-0.2, 0) is 4.79 Å². The Kier molecular flexibility index (Phi) is 3.37. The van der Waals surface area contributed by atoms with Crippen LogP contribution < -0.4 is 25.4 Å². The van der Waals surface area contributed by atoms with Crippen molar-refractivity contribution in [3.8, 4) is 11.5 Å². The van der Waals surface area contributed by atoms with Crippen LogP contribution in [0.1, 0.15) is 12.7 Å². The molecule has 124 valence electrons. The van der Waals surface area contributed by atoms with Crippen molar-refractivity contribution in [2.75, 3.05) is 29.2 Å². The smallest absolute Gasteiger partial charge is 0.246 e. The number of hydrogen-bond donors (Lipinski definition) is 3. The highest BCUT2D eigenvalue weighted by Crippen LogP contribution is 2.36. The lowest BCUT2D eigenvalue weighted by Crippen LogP contribution is -2.37. The van der Waals surface area contributed by atoms with Gasteiger partial charge in [-0.2, -0.15) is 0 Å². The zero-order valence-corrected chi connectivity index (χ0v) is 13.3. The minimum absolute atomic E-state index is 0.125. The number of nitrogens with zero attached hydrogens (tertiary/aromatic N) is 2.